The average Bonchev–Trinajstić information content (AvgIpc) is 2.70. The highest BCUT2D eigenvalue weighted by molar-refractivity contribution is 7.16. The molecule has 88 valence electrons. The highest BCUT2D eigenvalue weighted by atomic mass is 32.1. The van der Waals surface area contributed by atoms with Crippen molar-refractivity contribution < 1.29 is 0 Å². The highest BCUT2D eigenvalue weighted by Gasteiger charge is 2.28. The molecule has 0 radical (unpaired) electrons. The van der Waals surface area contributed by atoms with Gasteiger partial charge >= 0.3 is 0 Å². The average molecular weight is 238 g/mol. The van der Waals surface area contributed by atoms with Crippen LogP contribution in [0.15, 0.2) is 6.07 Å². The summed E-state index contributed by atoms with van der Waals surface area (Å²) in [4.78, 5) is 3.99. The molecule has 1 aromatic heterocycles. The number of rotatable bonds is 1. The minimum atomic E-state index is 0.527. The van der Waals surface area contributed by atoms with Crippen molar-refractivity contribution in [3.8, 4) is 0 Å². The van der Waals surface area contributed by atoms with Crippen LogP contribution in [0.5, 0.6) is 0 Å². The molecule has 3 rings (SSSR count). The van der Waals surface area contributed by atoms with Crippen LogP contribution >= 0.6 is 11.3 Å². The molecule has 16 heavy (non-hydrogen) atoms. The van der Waals surface area contributed by atoms with Gasteiger partial charge in [0.1, 0.15) is 0 Å². The quantitative estimate of drug-likeness (QED) is 0.662. The summed E-state index contributed by atoms with van der Waals surface area (Å²) in [6, 6.07) is 2.70. The van der Waals surface area contributed by atoms with Crippen LogP contribution in [-0.2, 0) is 6.54 Å². The van der Waals surface area contributed by atoms with E-state index in [2.05, 4.69) is 21.6 Å². The Labute approximate surface area is 99.8 Å². The van der Waals surface area contributed by atoms with Gasteiger partial charge in [0.15, 0.2) is 0 Å². The van der Waals surface area contributed by atoms with Gasteiger partial charge in [0.05, 0.1) is 5.00 Å². The van der Waals surface area contributed by atoms with Gasteiger partial charge in [-0.3, -0.25) is 4.90 Å². The molecule has 0 spiro atoms. The number of fused-ring (bicyclic) bond motifs is 1. The van der Waals surface area contributed by atoms with Crippen LogP contribution in [0.1, 0.15) is 16.5 Å². The van der Waals surface area contributed by atoms with Crippen LogP contribution < -0.4 is 16.4 Å². The van der Waals surface area contributed by atoms with Crippen molar-refractivity contribution in [2.75, 3.05) is 38.5 Å². The van der Waals surface area contributed by atoms with E-state index in [9.17, 15) is 0 Å². The Morgan fingerprint density at radius 3 is 2.94 bits per heavy atom. The molecular weight excluding hydrogens is 220 g/mol. The Hall–Kier alpha value is -0.620. The number of nitrogen functional groups attached to an aromatic ring is 1. The van der Waals surface area contributed by atoms with E-state index in [0.29, 0.717) is 6.04 Å². The first-order valence-corrected chi connectivity index (χ1v) is 6.70. The summed E-state index contributed by atoms with van der Waals surface area (Å²) in [5, 5.41) is 7.85. The SMILES string of the molecule is Nc1cc2c(s1)CNCC2N1CCNCC1. The molecule has 1 saturated heterocycles. The standard InChI is InChI=1S/C11H18N4S/c12-11-5-8-9(6-14-7-10(8)16-11)15-3-1-13-2-4-15/h5,9,13-14H,1-4,6-7,12H2. The summed E-state index contributed by atoms with van der Waals surface area (Å²) < 4.78 is 0. The molecule has 1 atom stereocenters. The van der Waals surface area contributed by atoms with Crippen LogP contribution in [0.25, 0.3) is 0 Å². The van der Waals surface area contributed by atoms with Gasteiger partial charge in [-0.2, -0.15) is 0 Å². The van der Waals surface area contributed by atoms with E-state index < -0.39 is 0 Å². The third-order valence-electron chi connectivity index (χ3n) is 3.44. The first-order chi connectivity index (χ1) is 7.84. The molecule has 4 N–H and O–H groups in total. The molecule has 4 nitrogen and oxygen atoms in total. The Bertz CT molecular complexity index is 370. The molecule has 0 aliphatic carbocycles. The zero-order valence-electron chi connectivity index (χ0n) is 9.33. The fourth-order valence-electron chi connectivity index (χ4n) is 2.64. The molecule has 1 unspecified atom stereocenters. The smallest absolute Gasteiger partial charge is 0.0863 e. The van der Waals surface area contributed by atoms with Crippen molar-refractivity contribution in [2.45, 2.75) is 12.6 Å². The van der Waals surface area contributed by atoms with E-state index in [1.807, 2.05) is 0 Å². The largest absolute Gasteiger partial charge is 0.391 e. The van der Waals surface area contributed by atoms with Gasteiger partial charge in [-0.1, -0.05) is 0 Å². The summed E-state index contributed by atoms with van der Waals surface area (Å²) >= 11 is 1.73. The number of hydrogen-bond donors (Lipinski definition) is 3. The first kappa shape index (κ1) is 10.5. The number of nitrogens with two attached hydrogens (primary N) is 1. The predicted molar refractivity (Wildman–Crippen MR) is 67.6 cm³/mol. The second kappa shape index (κ2) is 4.33. The van der Waals surface area contributed by atoms with Gasteiger partial charge in [0.25, 0.3) is 0 Å². The fourth-order valence-corrected chi connectivity index (χ4v) is 3.59. The van der Waals surface area contributed by atoms with E-state index in [-0.39, 0.29) is 0 Å². The van der Waals surface area contributed by atoms with E-state index >= 15 is 0 Å². The van der Waals surface area contributed by atoms with Crippen molar-refractivity contribution in [1.82, 2.24) is 15.5 Å². The minimum absolute atomic E-state index is 0.527. The summed E-state index contributed by atoms with van der Waals surface area (Å²) in [7, 11) is 0. The molecule has 0 aromatic carbocycles. The molecule has 0 bridgehead atoms. The number of hydrogen-bond acceptors (Lipinski definition) is 5. The van der Waals surface area contributed by atoms with Gasteiger partial charge in [-0.15, -0.1) is 11.3 Å². The molecule has 5 heteroatoms. The molecule has 2 aliphatic rings. The van der Waals surface area contributed by atoms with Crippen molar-refractivity contribution in [2.24, 2.45) is 0 Å². The van der Waals surface area contributed by atoms with Crippen molar-refractivity contribution in [1.29, 1.82) is 0 Å². The van der Waals surface area contributed by atoms with Crippen molar-refractivity contribution in [3.05, 3.63) is 16.5 Å². The number of nitrogens with zero attached hydrogens (tertiary/aromatic N) is 1. The van der Waals surface area contributed by atoms with Gasteiger partial charge in [-0.05, 0) is 11.6 Å². The first-order valence-electron chi connectivity index (χ1n) is 5.88. The van der Waals surface area contributed by atoms with Gasteiger partial charge in [0.2, 0.25) is 0 Å². The lowest BCUT2D eigenvalue weighted by Crippen LogP contribution is -2.48. The molecule has 2 aliphatic heterocycles. The van der Waals surface area contributed by atoms with Crippen LogP contribution in [0, 0.1) is 0 Å². The Morgan fingerprint density at radius 2 is 2.12 bits per heavy atom. The Balaban J connectivity index is 1.85. The van der Waals surface area contributed by atoms with Gasteiger partial charge in [-0.25, -0.2) is 0 Å². The number of thiophene rings is 1. The van der Waals surface area contributed by atoms with Gasteiger partial charge < -0.3 is 16.4 Å². The molecule has 0 amide bonds. The second-order valence-corrected chi connectivity index (χ2v) is 5.63. The summed E-state index contributed by atoms with van der Waals surface area (Å²) in [6.45, 7) is 6.53. The normalized spacial score (nSPS) is 26.6. The maximum absolute atomic E-state index is 5.91. The van der Waals surface area contributed by atoms with Crippen LogP contribution in [0.2, 0.25) is 0 Å². The lowest BCUT2D eigenvalue weighted by Gasteiger charge is -2.37. The van der Waals surface area contributed by atoms with Gasteiger partial charge in [0, 0.05) is 50.2 Å². The zero-order chi connectivity index (χ0) is 11.0. The summed E-state index contributed by atoms with van der Waals surface area (Å²) in [5.74, 6) is 0. The van der Waals surface area contributed by atoms with Crippen LogP contribution in [0.4, 0.5) is 5.00 Å². The Morgan fingerprint density at radius 1 is 1.31 bits per heavy atom. The van der Waals surface area contributed by atoms with E-state index in [0.717, 1.165) is 44.3 Å². The van der Waals surface area contributed by atoms with E-state index in [4.69, 9.17) is 5.73 Å². The zero-order valence-corrected chi connectivity index (χ0v) is 10.1. The topological polar surface area (TPSA) is 53.3 Å². The lowest BCUT2D eigenvalue weighted by molar-refractivity contribution is 0.164. The van der Waals surface area contributed by atoms with Crippen LogP contribution in [0.3, 0.4) is 0 Å². The van der Waals surface area contributed by atoms with Crippen LogP contribution in [-0.4, -0.2) is 37.6 Å². The highest BCUT2D eigenvalue weighted by Crippen LogP contribution is 2.34. The Kier molecular flexibility index (Phi) is 2.85. The molecule has 1 fully saturated rings. The molecular formula is C11H18N4S. The van der Waals surface area contributed by atoms with E-state index in [1.165, 1.54) is 10.4 Å². The number of nitrogens with one attached hydrogen (secondary N) is 2. The third-order valence-corrected chi connectivity index (χ3v) is 4.42. The van der Waals surface area contributed by atoms with Crippen molar-refractivity contribution in [3.63, 3.8) is 0 Å². The predicted octanol–water partition coefficient (Wildman–Crippen LogP) is 0.380. The summed E-state index contributed by atoms with van der Waals surface area (Å²) in [5.41, 5.74) is 7.37. The molecule has 1 aromatic rings. The number of piperazine rings is 1. The monoisotopic (exact) mass is 238 g/mol. The third kappa shape index (κ3) is 1.84. The summed E-state index contributed by atoms with van der Waals surface area (Å²) in [6.07, 6.45) is 0. The number of anilines is 1. The van der Waals surface area contributed by atoms with E-state index in [1.54, 1.807) is 11.3 Å². The van der Waals surface area contributed by atoms with Crippen molar-refractivity contribution >= 4 is 16.3 Å². The maximum Gasteiger partial charge on any atom is 0.0863 e. The minimum Gasteiger partial charge on any atom is -0.391 e. The maximum atomic E-state index is 5.91. The lowest BCUT2D eigenvalue weighted by atomic mass is 10.0. The molecule has 0 saturated carbocycles. The second-order valence-electron chi connectivity index (χ2n) is 4.46. The fraction of sp³-hybridized carbons (Fsp3) is 0.636. The molecule has 3 heterocycles.